The monoisotopic (exact) mass is 543 g/mol. The zero-order chi connectivity index (χ0) is 28.4. The third-order valence-electron chi connectivity index (χ3n) is 6.67. The molecule has 0 unspecified atom stereocenters. The van der Waals surface area contributed by atoms with Gasteiger partial charge in [-0.05, 0) is 62.6 Å². The zero-order valence-corrected chi connectivity index (χ0v) is 22.4. The Morgan fingerprint density at radius 2 is 1.65 bits per heavy atom. The molecule has 0 atom stereocenters. The summed E-state index contributed by atoms with van der Waals surface area (Å²) in [7, 11) is 5.68. The maximum absolute atomic E-state index is 13.2. The van der Waals surface area contributed by atoms with E-state index in [1.165, 1.54) is 12.1 Å². The van der Waals surface area contributed by atoms with Gasteiger partial charge in [0.2, 0.25) is 0 Å². The lowest BCUT2D eigenvalue weighted by Gasteiger charge is -2.21. The molecule has 40 heavy (non-hydrogen) atoms. The number of non-ortho nitro benzene ring substituents is 1. The van der Waals surface area contributed by atoms with Crippen LogP contribution in [0, 0.1) is 10.1 Å². The van der Waals surface area contributed by atoms with Crippen molar-refractivity contribution in [1.82, 2.24) is 9.80 Å². The van der Waals surface area contributed by atoms with Crippen molar-refractivity contribution in [2.45, 2.75) is 0 Å². The van der Waals surface area contributed by atoms with Crippen molar-refractivity contribution in [1.29, 1.82) is 0 Å². The number of nitro benzene ring substituents is 1. The second-order valence-electron chi connectivity index (χ2n) is 9.78. The van der Waals surface area contributed by atoms with Gasteiger partial charge in [-0.25, -0.2) is 0 Å². The Bertz CT molecular complexity index is 1520. The minimum atomic E-state index is -0.505. The van der Waals surface area contributed by atoms with Crippen LogP contribution < -0.4 is 20.1 Å². The molecule has 0 saturated carbocycles. The summed E-state index contributed by atoms with van der Waals surface area (Å²) < 4.78 is 11.4. The summed E-state index contributed by atoms with van der Waals surface area (Å²) >= 11 is 0. The molecule has 5 rings (SSSR count). The third kappa shape index (κ3) is 5.45. The van der Waals surface area contributed by atoms with Crippen LogP contribution in [0.5, 0.6) is 11.5 Å². The van der Waals surface area contributed by atoms with Gasteiger partial charge < -0.3 is 29.9 Å². The number of carbonyl (C=O) groups is 2. The normalized spacial score (nSPS) is 14.8. The average Bonchev–Trinajstić information content (AvgIpc) is 3.28. The van der Waals surface area contributed by atoms with E-state index in [1.54, 1.807) is 54.4 Å². The maximum atomic E-state index is 13.2. The summed E-state index contributed by atoms with van der Waals surface area (Å²) in [5.41, 5.74) is 3.41. The average molecular weight is 544 g/mol. The fourth-order valence-electron chi connectivity index (χ4n) is 4.51. The number of hydrogen-bond donors (Lipinski definition) is 2. The van der Waals surface area contributed by atoms with E-state index in [4.69, 9.17) is 9.47 Å². The molecule has 0 spiro atoms. The van der Waals surface area contributed by atoms with Crippen LogP contribution >= 0.6 is 0 Å². The van der Waals surface area contributed by atoms with Crippen LogP contribution in [-0.4, -0.2) is 74.0 Å². The van der Waals surface area contributed by atoms with E-state index in [0.29, 0.717) is 70.6 Å². The number of anilines is 2. The molecular formula is C29H29N5O6. The molecule has 0 aliphatic carbocycles. The summed E-state index contributed by atoms with van der Waals surface area (Å²) in [6.07, 6.45) is 0. The number of amides is 2. The first kappa shape index (κ1) is 26.7. The van der Waals surface area contributed by atoms with Crippen molar-refractivity contribution in [3.05, 3.63) is 87.5 Å². The molecule has 11 nitrogen and oxygen atoms in total. The molecule has 2 aliphatic rings. The number of ether oxygens (including phenoxy) is 2. The van der Waals surface area contributed by atoms with Crippen molar-refractivity contribution in [2.75, 3.05) is 58.1 Å². The zero-order valence-electron chi connectivity index (χ0n) is 22.4. The maximum Gasteiger partial charge on any atom is 0.271 e. The van der Waals surface area contributed by atoms with E-state index in [9.17, 15) is 19.7 Å². The minimum absolute atomic E-state index is 0.0930. The molecule has 2 amide bonds. The van der Waals surface area contributed by atoms with Crippen LogP contribution in [0.25, 0.3) is 11.3 Å². The largest absolute Gasteiger partial charge is 0.486 e. The van der Waals surface area contributed by atoms with E-state index >= 15 is 0 Å². The Morgan fingerprint density at radius 1 is 0.950 bits per heavy atom. The van der Waals surface area contributed by atoms with Gasteiger partial charge >= 0.3 is 0 Å². The van der Waals surface area contributed by atoms with E-state index in [2.05, 4.69) is 10.6 Å². The lowest BCUT2D eigenvalue weighted by atomic mass is 9.99. The first-order valence-corrected chi connectivity index (χ1v) is 12.7. The number of benzene rings is 3. The van der Waals surface area contributed by atoms with E-state index < -0.39 is 10.8 Å². The number of nitrogens with one attached hydrogen (secondary N) is 2. The summed E-state index contributed by atoms with van der Waals surface area (Å²) in [5, 5.41) is 17.4. The standard InChI is InChI=1S/C29H29N5O6/c1-32(2)12-13-33(3)29(36)18-4-7-20(8-5-18)30-27(19-6-11-24-25(16-19)40-15-14-39-24)26-22-10-9-21(34(37)38)17-23(22)31-28(26)35/h4-11,16-17,30H,12-15H2,1-3H3,(H,31,35)/b27-26-. The van der Waals surface area contributed by atoms with Crippen LogP contribution in [0.1, 0.15) is 21.5 Å². The van der Waals surface area contributed by atoms with Crippen LogP contribution in [0.3, 0.4) is 0 Å². The van der Waals surface area contributed by atoms with Gasteiger partial charge in [0.05, 0.1) is 21.9 Å². The van der Waals surface area contributed by atoms with Crippen molar-refractivity contribution >= 4 is 40.1 Å². The second kappa shape index (κ2) is 11.1. The Kier molecular flexibility index (Phi) is 7.39. The topological polar surface area (TPSA) is 126 Å². The summed E-state index contributed by atoms with van der Waals surface area (Å²) in [5.74, 6) is 0.659. The van der Waals surface area contributed by atoms with Gasteiger partial charge in [0, 0.05) is 54.6 Å². The van der Waals surface area contributed by atoms with Gasteiger partial charge in [0.25, 0.3) is 17.5 Å². The van der Waals surface area contributed by atoms with Crippen molar-refractivity contribution in [3.8, 4) is 11.5 Å². The summed E-state index contributed by atoms with van der Waals surface area (Å²) in [6.45, 7) is 2.20. The fraction of sp³-hybridized carbons (Fsp3) is 0.241. The molecule has 2 aliphatic heterocycles. The number of hydrogen-bond acceptors (Lipinski definition) is 8. The van der Waals surface area contributed by atoms with Crippen molar-refractivity contribution < 1.29 is 24.0 Å². The highest BCUT2D eigenvalue weighted by Gasteiger charge is 2.30. The molecule has 0 bridgehead atoms. The fourth-order valence-corrected chi connectivity index (χ4v) is 4.51. The predicted octanol–water partition coefficient (Wildman–Crippen LogP) is 3.93. The molecule has 2 N–H and O–H groups in total. The third-order valence-corrected chi connectivity index (χ3v) is 6.67. The number of fused-ring (bicyclic) bond motifs is 2. The van der Waals surface area contributed by atoms with Gasteiger partial charge in [-0.2, -0.15) is 0 Å². The van der Waals surface area contributed by atoms with E-state index in [0.717, 1.165) is 6.54 Å². The van der Waals surface area contributed by atoms with Crippen LogP contribution in [0.15, 0.2) is 60.7 Å². The first-order valence-electron chi connectivity index (χ1n) is 12.7. The highest BCUT2D eigenvalue weighted by Crippen LogP contribution is 2.41. The molecule has 0 radical (unpaired) electrons. The van der Waals surface area contributed by atoms with Gasteiger partial charge in [-0.15, -0.1) is 0 Å². The molecular weight excluding hydrogens is 514 g/mol. The smallest absolute Gasteiger partial charge is 0.271 e. The molecule has 3 aromatic carbocycles. The van der Waals surface area contributed by atoms with Crippen molar-refractivity contribution in [3.63, 3.8) is 0 Å². The summed E-state index contributed by atoms with van der Waals surface area (Å²) in [4.78, 5) is 40.6. The first-order chi connectivity index (χ1) is 19.2. The van der Waals surface area contributed by atoms with Gasteiger partial charge in [-0.1, -0.05) is 0 Å². The highest BCUT2D eigenvalue weighted by molar-refractivity contribution is 6.37. The van der Waals surface area contributed by atoms with Crippen LogP contribution in [0.4, 0.5) is 17.1 Å². The van der Waals surface area contributed by atoms with Gasteiger partial charge in [-0.3, -0.25) is 19.7 Å². The van der Waals surface area contributed by atoms with Crippen molar-refractivity contribution in [2.24, 2.45) is 0 Å². The Morgan fingerprint density at radius 3 is 2.35 bits per heavy atom. The lowest BCUT2D eigenvalue weighted by molar-refractivity contribution is -0.384. The Hall–Kier alpha value is -4.90. The second-order valence-corrected chi connectivity index (χ2v) is 9.78. The number of rotatable bonds is 8. The van der Waals surface area contributed by atoms with E-state index in [1.807, 2.05) is 25.1 Å². The molecule has 11 heteroatoms. The van der Waals surface area contributed by atoms with Gasteiger partial charge in [0.1, 0.15) is 13.2 Å². The SMILES string of the molecule is CN(C)CCN(C)C(=O)c1ccc(N/C(=C2\C(=O)Nc3cc([N+](=O)[O-])ccc32)c2ccc3c(c2)OCCO3)cc1. The molecule has 2 heterocycles. The quantitative estimate of drug-likeness (QED) is 0.249. The van der Waals surface area contributed by atoms with E-state index in [-0.39, 0.29) is 11.6 Å². The van der Waals surface area contributed by atoms with Crippen LogP contribution in [-0.2, 0) is 4.79 Å². The molecule has 3 aromatic rings. The Balaban J connectivity index is 1.52. The number of nitro groups is 1. The molecule has 206 valence electrons. The molecule has 0 aromatic heterocycles. The number of nitrogens with zero attached hydrogens (tertiary/aromatic N) is 3. The molecule has 0 fully saturated rings. The summed E-state index contributed by atoms with van der Waals surface area (Å²) in [6, 6.07) is 16.7. The molecule has 0 saturated heterocycles. The minimum Gasteiger partial charge on any atom is -0.486 e. The van der Waals surface area contributed by atoms with Gasteiger partial charge in [0.15, 0.2) is 11.5 Å². The number of likely N-dealkylation sites (N-methyl/N-ethyl adjacent to an activating group) is 2. The predicted molar refractivity (Wildman–Crippen MR) is 152 cm³/mol. The highest BCUT2D eigenvalue weighted by atomic mass is 16.6. The Labute approximate surface area is 231 Å². The lowest BCUT2D eigenvalue weighted by Crippen LogP contribution is -2.33. The van der Waals surface area contributed by atoms with Crippen LogP contribution in [0.2, 0.25) is 0 Å². The number of carbonyl (C=O) groups excluding carboxylic acids is 2.